The standard InChI is InChI=1S/C14H16N2O.C12H14N2O/c1-9(2)13-5-4-11(6-14(13)17)12-7-15-10(3)16-8-12;1-8(2)11-4-3-9(5-12(11)15)10-6-13-14-7-10/h4-9,15,17H,3H2,1-2H3;3-8,15H,1-2H3,(H,13,14). The molecule has 2 aromatic carbocycles. The van der Waals surface area contributed by atoms with Gasteiger partial charge in [0.15, 0.2) is 0 Å². The van der Waals surface area contributed by atoms with Gasteiger partial charge in [0, 0.05) is 29.7 Å². The highest BCUT2D eigenvalue weighted by molar-refractivity contribution is 6.10. The van der Waals surface area contributed by atoms with Crippen molar-refractivity contribution in [3.05, 3.63) is 84.1 Å². The second-order valence-corrected chi connectivity index (χ2v) is 8.29. The minimum Gasteiger partial charge on any atom is -0.508 e. The molecule has 166 valence electrons. The Bertz CT molecular complexity index is 1140. The van der Waals surface area contributed by atoms with Gasteiger partial charge in [-0.3, -0.25) is 5.10 Å². The number of phenols is 2. The third-order valence-corrected chi connectivity index (χ3v) is 5.22. The molecule has 0 spiro atoms. The first-order valence-corrected chi connectivity index (χ1v) is 10.6. The van der Waals surface area contributed by atoms with Crippen LogP contribution in [0.5, 0.6) is 11.5 Å². The van der Waals surface area contributed by atoms with E-state index in [0.29, 0.717) is 29.2 Å². The van der Waals surface area contributed by atoms with E-state index < -0.39 is 0 Å². The first kappa shape index (κ1) is 22.9. The summed E-state index contributed by atoms with van der Waals surface area (Å²) in [5, 5.41) is 29.3. The largest absolute Gasteiger partial charge is 0.508 e. The molecule has 4 rings (SSSR count). The molecule has 6 heteroatoms. The fourth-order valence-corrected chi connectivity index (χ4v) is 3.37. The lowest BCUT2D eigenvalue weighted by molar-refractivity contribution is 0.464. The van der Waals surface area contributed by atoms with Crippen molar-refractivity contribution in [3.63, 3.8) is 0 Å². The molecule has 0 fully saturated rings. The summed E-state index contributed by atoms with van der Waals surface area (Å²) in [5.41, 5.74) is 5.77. The summed E-state index contributed by atoms with van der Waals surface area (Å²) in [5.74, 6) is 1.95. The molecule has 4 N–H and O–H groups in total. The molecule has 0 saturated carbocycles. The molecule has 3 aromatic rings. The molecule has 0 radical (unpaired) electrons. The van der Waals surface area contributed by atoms with Crippen LogP contribution in [0.25, 0.3) is 16.7 Å². The van der Waals surface area contributed by atoms with E-state index in [4.69, 9.17) is 0 Å². The number of nitrogens with zero attached hydrogens (tertiary/aromatic N) is 2. The molecule has 0 bridgehead atoms. The summed E-state index contributed by atoms with van der Waals surface area (Å²) in [7, 11) is 0. The molecule has 1 aliphatic rings. The Labute approximate surface area is 189 Å². The van der Waals surface area contributed by atoms with Gasteiger partial charge >= 0.3 is 0 Å². The Morgan fingerprint density at radius 1 is 0.844 bits per heavy atom. The van der Waals surface area contributed by atoms with Gasteiger partial charge < -0.3 is 15.5 Å². The molecule has 1 aromatic heterocycles. The van der Waals surface area contributed by atoms with Crippen molar-refractivity contribution in [2.75, 3.05) is 0 Å². The van der Waals surface area contributed by atoms with E-state index in [2.05, 4.69) is 54.8 Å². The van der Waals surface area contributed by atoms with E-state index in [1.54, 1.807) is 24.5 Å². The SMILES string of the molecule is C=C1N=CC(c2ccc(C(C)C)c(O)c2)=CN1.CC(C)c1ccc(-c2cn[nH]c2)cc1O. The number of aromatic amines is 1. The second kappa shape index (κ2) is 10.0. The average Bonchev–Trinajstić information content (AvgIpc) is 3.29. The second-order valence-electron chi connectivity index (χ2n) is 8.29. The highest BCUT2D eigenvalue weighted by atomic mass is 16.3. The summed E-state index contributed by atoms with van der Waals surface area (Å²) in [6, 6.07) is 11.4. The van der Waals surface area contributed by atoms with E-state index in [1.807, 2.05) is 36.7 Å². The van der Waals surface area contributed by atoms with Crippen molar-refractivity contribution >= 4 is 11.8 Å². The summed E-state index contributed by atoms with van der Waals surface area (Å²) in [6.45, 7) is 11.9. The van der Waals surface area contributed by atoms with Crippen molar-refractivity contribution in [1.29, 1.82) is 0 Å². The fourth-order valence-electron chi connectivity index (χ4n) is 3.37. The molecule has 0 aliphatic carbocycles. The predicted octanol–water partition coefficient (Wildman–Crippen LogP) is 5.91. The van der Waals surface area contributed by atoms with Crippen molar-refractivity contribution in [3.8, 4) is 22.6 Å². The van der Waals surface area contributed by atoms with Crippen LogP contribution < -0.4 is 5.32 Å². The van der Waals surface area contributed by atoms with Crippen LogP contribution in [-0.2, 0) is 0 Å². The number of allylic oxidation sites excluding steroid dienone is 1. The number of benzene rings is 2. The topological polar surface area (TPSA) is 93.5 Å². The normalized spacial score (nSPS) is 12.9. The van der Waals surface area contributed by atoms with E-state index >= 15 is 0 Å². The quantitative estimate of drug-likeness (QED) is 0.414. The number of H-pyrrole nitrogens is 1. The molecule has 0 amide bonds. The first-order chi connectivity index (χ1) is 15.3. The Morgan fingerprint density at radius 2 is 1.44 bits per heavy atom. The molecule has 6 nitrogen and oxygen atoms in total. The first-order valence-electron chi connectivity index (χ1n) is 10.6. The van der Waals surface area contributed by atoms with E-state index in [-0.39, 0.29) is 0 Å². The van der Waals surface area contributed by atoms with Crippen LogP contribution in [0.15, 0.2) is 72.4 Å². The van der Waals surface area contributed by atoms with E-state index in [1.165, 1.54) is 0 Å². The van der Waals surface area contributed by atoms with Gasteiger partial charge in [0.25, 0.3) is 0 Å². The number of rotatable bonds is 4. The highest BCUT2D eigenvalue weighted by Crippen LogP contribution is 2.30. The number of hydrogen-bond acceptors (Lipinski definition) is 5. The highest BCUT2D eigenvalue weighted by Gasteiger charge is 2.10. The average molecular weight is 431 g/mol. The van der Waals surface area contributed by atoms with Crippen LogP contribution in [0.4, 0.5) is 0 Å². The van der Waals surface area contributed by atoms with Gasteiger partial charge in [0.1, 0.15) is 17.3 Å². The lowest BCUT2D eigenvalue weighted by Gasteiger charge is -2.13. The third-order valence-electron chi connectivity index (χ3n) is 5.22. The van der Waals surface area contributed by atoms with Crippen molar-refractivity contribution in [2.24, 2.45) is 4.99 Å². The summed E-state index contributed by atoms with van der Waals surface area (Å²) in [4.78, 5) is 4.09. The Balaban J connectivity index is 0.000000182. The maximum Gasteiger partial charge on any atom is 0.122 e. The van der Waals surface area contributed by atoms with Crippen LogP contribution in [0.2, 0.25) is 0 Å². The van der Waals surface area contributed by atoms with Gasteiger partial charge in [-0.15, -0.1) is 0 Å². The van der Waals surface area contributed by atoms with Crippen LogP contribution in [0, 0.1) is 0 Å². The zero-order valence-corrected chi connectivity index (χ0v) is 18.9. The zero-order valence-electron chi connectivity index (χ0n) is 18.9. The van der Waals surface area contributed by atoms with E-state index in [0.717, 1.165) is 33.4 Å². The maximum absolute atomic E-state index is 9.93. The number of aromatic nitrogens is 2. The maximum atomic E-state index is 9.93. The van der Waals surface area contributed by atoms with Gasteiger partial charge in [-0.2, -0.15) is 5.10 Å². The van der Waals surface area contributed by atoms with Crippen LogP contribution in [0.1, 0.15) is 56.2 Å². The van der Waals surface area contributed by atoms with Gasteiger partial charge in [-0.25, -0.2) is 4.99 Å². The molecule has 1 aliphatic heterocycles. The lowest BCUT2D eigenvalue weighted by Crippen LogP contribution is -2.08. The fraction of sp³-hybridized carbons (Fsp3) is 0.231. The molecular weight excluding hydrogens is 400 g/mol. The number of hydrogen-bond donors (Lipinski definition) is 4. The molecule has 2 heterocycles. The smallest absolute Gasteiger partial charge is 0.122 e. The summed E-state index contributed by atoms with van der Waals surface area (Å²) in [6.07, 6.45) is 7.12. The lowest BCUT2D eigenvalue weighted by atomic mass is 9.98. The van der Waals surface area contributed by atoms with Gasteiger partial charge in [-0.05, 0) is 46.2 Å². The predicted molar refractivity (Wildman–Crippen MR) is 131 cm³/mol. The number of aromatic hydroxyl groups is 2. The Kier molecular flexibility index (Phi) is 7.15. The molecule has 32 heavy (non-hydrogen) atoms. The molecule has 0 atom stereocenters. The van der Waals surface area contributed by atoms with Gasteiger partial charge in [0.05, 0.1) is 6.20 Å². The van der Waals surface area contributed by atoms with Crippen molar-refractivity contribution < 1.29 is 10.2 Å². The molecular formula is C26H30N4O2. The molecule has 0 unspecified atom stereocenters. The van der Waals surface area contributed by atoms with E-state index in [9.17, 15) is 10.2 Å². The summed E-state index contributed by atoms with van der Waals surface area (Å²) < 4.78 is 0. The summed E-state index contributed by atoms with van der Waals surface area (Å²) >= 11 is 0. The molecule has 0 saturated heterocycles. The van der Waals surface area contributed by atoms with Crippen molar-refractivity contribution in [1.82, 2.24) is 15.5 Å². The Morgan fingerprint density at radius 3 is 1.91 bits per heavy atom. The van der Waals surface area contributed by atoms with Gasteiger partial charge in [0.2, 0.25) is 0 Å². The number of aliphatic imine (C=N–C) groups is 1. The third kappa shape index (κ3) is 5.46. The van der Waals surface area contributed by atoms with Crippen LogP contribution >= 0.6 is 0 Å². The zero-order chi connectivity index (χ0) is 23.3. The minimum atomic E-state index is 0.316. The van der Waals surface area contributed by atoms with Crippen LogP contribution in [0.3, 0.4) is 0 Å². The monoisotopic (exact) mass is 430 g/mol. The number of nitrogens with one attached hydrogen (secondary N) is 2. The minimum absolute atomic E-state index is 0.316. The van der Waals surface area contributed by atoms with Crippen LogP contribution in [-0.4, -0.2) is 26.6 Å². The van der Waals surface area contributed by atoms with Crippen molar-refractivity contribution in [2.45, 2.75) is 39.5 Å². The number of phenolic OH excluding ortho intramolecular Hbond substituents is 2. The van der Waals surface area contributed by atoms with Gasteiger partial charge in [-0.1, -0.05) is 58.5 Å². The Hall–Kier alpha value is -3.80.